The summed E-state index contributed by atoms with van der Waals surface area (Å²) in [7, 11) is 0. The molecule has 0 aliphatic heterocycles. The molecule has 6 heteroatoms. The van der Waals surface area contributed by atoms with Crippen LogP contribution in [0.4, 0.5) is 0 Å². The Kier molecular flexibility index (Phi) is 3.90. The molecular formula is C22H19N5O. The summed E-state index contributed by atoms with van der Waals surface area (Å²) >= 11 is 0. The maximum atomic E-state index is 13.0. The van der Waals surface area contributed by atoms with Crippen molar-refractivity contribution in [2.24, 2.45) is 0 Å². The Balaban J connectivity index is 1.89. The number of hydrogen-bond acceptors (Lipinski definition) is 4. The van der Waals surface area contributed by atoms with E-state index in [-0.39, 0.29) is 5.56 Å². The molecule has 0 amide bonds. The first-order valence-electron chi connectivity index (χ1n) is 9.50. The van der Waals surface area contributed by atoms with Crippen LogP contribution in [0.25, 0.3) is 44.6 Å². The molecular weight excluding hydrogens is 350 g/mol. The fraction of sp³-hybridized carbons (Fsp3) is 0.182. The summed E-state index contributed by atoms with van der Waals surface area (Å²) in [6, 6.07) is 17.4. The average Bonchev–Trinajstić information content (AvgIpc) is 3.04. The van der Waals surface area contributed by atoms with Crippen LogP contribution in [-0.4, -0.2) is 24.5 Å². The van der Waals surface area contributed by atoms with Crippen molar-refractivity contribution in [1.82, 2.24) is 24.5 Å². The van der Waals surface area contributed by atoms with Crippen molar-refractivity contribution in [3.63, 3.8) is 0 Å². The molecule has 1 N–H and O–H groups in total. The molecule has 0 aliphatic rings. The van der Waals surface area contributed by atoms with E-state index in [1.54, 1.807) is 0 Å². The predicted molar refractivity (Wildman–Crippen MR) is 111 cm³/mol. The van der Waals surface area contributed by atoms with Gasteiger partial charge in [-0.15, -0.1) is 0 Å². The monoisotopic (exact) mass is 369 g/mol. The van der Waals surface area contributed by atoms with Gasteiger partial charge in [-0.3, -0.25) is 4.79 Å². The first kappa shape index (κ1) is 16.6. The lowest BCUT2D eigenvalue weighted by molar-refractivity contribution is 0.657. The van der Waals surface area contributed by atoms with Gasteiger partial charge in [-0.25, -0.2) is 15.0 Å². The smallest absolute Gasteiger partial charge is 0.262 e. The minimum absolute atomic E-state index is 0.186. The molecule has 138 valence electrons. The number of aryl methyl sites for hydroxylation is 1. The Morgan fingerprint density at radius 1 is 0.893 bits per heavy atom. The first-order valence-corrected chi connectivity index (χ1v) is 9.50. The quantitative estimate of drug-likeness (QED) is 0.513. The number of nitrogens with zero attached hydrogens (tertiary/aromatic N) is 4. The van der Waals surface area contributed by atoms with Gasteiger partial charge in [0.05, 0.1) is 11.0 Å². The fourth-order valence-electron chi connectivity index (χ4n) is 3.58. The Morgan fingerprint density at radius 2 is 1.61 bits per heavy atom. The predicted octanol–water partition coefficient (Wildman–Crippen LogP) is 4.29. The lowest BCUT2D eigenvalue weighted by atomic mass is 10.2. The van der Waals surface area contributed by atoms with Gasteiger partial charge in [-0.1, -0.05) is 55.8 Å². The molecule has 0 unspecified atom stereocenters. The number of hydrogen-bond donors (Lipinski definition) is 1. The van der Waals surface area contributed by atoms with E-state index in [1.807, 2.05) is 59.2 Å². The molecule has 0 aliphatic carbocycles. The van der Waals surface area contributed by atoms with E-state index >= 15 is 0 Å². The second-order valence-corrected chi connectivity index (χ2v) is 6.87. The Labute approximate surface area is 160 Å². The second kappa shape index (κ2) is 6.56. The van der Waals surface area contributed by atoms with E-state index in [0.29, 0.717) is 28.0 Å². The van der Waals surface area contributed by atoms with Gasteiger partial charge in [0.15, 0.2) is 11.3 Å². The second-order valence-electron chi connectivity index (χ2n) is 6.87. The van der Waals surface area contributed by atoms with Crippen molar-refractivity contribution in [2.75, 3.05) is 0 Å². The Hall–Kier alpha value is -3.54. The number of benzene rings is 2. The number of aromatic nitrogens is 5. The van der Waals surface area contributed by atoms with Crippen LogP contribution >= 0.6 is 0 Å². The van der Waals surface area contributed by atoms with Gasteiger partial charge in [0.2, 0.25) is 0 Å². The summed E-state index contributed by atoms with van der Waals surface area (Å²) in [6.07, 6.45) is 2.01. The van der Waals surface area contributed by atoms with Crippen molar-refractivity contribution >= 4 is 33.2 Å². The topological polar surface area (TPSA) is 76.5 Å². The molecule has 28 heavy (non-hydrogen) atoms. The Morgan fingerprint density at radius 3 is 2.36 bits per heavy atom. The van der Waals surface area contributed by atoms with Crippen LogP contribution in [0.1, 0.15) is 19.8 Å². The summed E-state index contributed by atoms with van der Waals surface area (Å²) in [5, 5.41) is 0.504. The standard InChI is InChI=1S/C22H19N5O/c1-2-3-13-27-20-17(18-21(27)24-16-12-8-7-11-15(16)23-18)22(28)26-19(25-20)14-9-5-4-6-10-14/h4-12H,2-3,13H2,1H3,(H,25,26,28). The van der Waals surface area contributed by atoms with Crippen LogP contribution < -0.4 is 5.56 Å². The highest BCUT2D eigenvalue weighted by Gasteiger charge is 2.19. The normalized spacial score (nSPS) is 11.6. The molecule has 0 fully saturated rings. The summed E-state index contributed by atoms with van der Waals surface area (Å²) in [6.45, 7) is 2.89. The summed E-state index contributed by atoms with van der Waals surface area (Å²) < 4.78 is 2.04. The molecule has 3 aromatic heterocycles. The molecule has 3 heterocycles. The maximum Gasteiger partial charge on any atom is 0.262 e. The highest BCUT2D eigenvalue weighted by Crippen LogP contribution is 2.26. The molecule has 2 aromatic carbocycles. The van der Waals surface area contributed by atoms with Gasteiger partial charge in [-0.2, -0.15) is 0 Å². The summed E-state index contributed by atoms with van der Waals surface area (Å²) in [5.41, 5.74) is 4.24. The summed E-state index contributed by atoms with van der Waals surface area (Å²) in [5.74, 6) is 0.559. The van der Waals surface area contributed by atoms with E-state index in [4.69, 9.17) is 15.0 Å². The van der Waals surface area contributed by atoms with Gasteiger partial charge in [0, 0.05) is 12.1 Å². The molecule has 0 saturated carbocycles. The molecule has 0 radical (unpaired) electrons. The fourth-order valence-corrected chi connectivity index (χ4v) is 3.58. The molecule has 6 nitrogen and oxygen atoms in total. The van der Waals surface area contributed by atoms with Crippen molar-refractivity contribution in [1.29, 1.82) is 0 Å². The van der Waals surface area contributed by atoms with Crippen molar-refractivity contribution in [3.05, 3.63) is 65.0 Å². The Bertz CT molecular complexity index is 1370. The zero-order chi connectivity index (χ0) is 19.1. The van der Waals surface area contributed by atoms with Gasteiger partial charge < -0.3 is 9.55 Å². The molecule has 0 atom stereocenters. The number of aromatic amines is 1. The van der Waals surface area contributed by atoms with Gasteiger partial charge in [-0.05, 0) is 18.6 Å². The minimum Gasteiger partial charge on any atom is -0.308 e. The number of H-pyrrole nitrogens is 1. The first-order chi connectivity index (χ1) is 13.8. The average molecular weight is 369 g/mol. The van der Waals surface area contributed by atoms with Gasteiger partial charge in [0.25, 0.3) is 5.56 Å². The van der Waals surface area contributed by atoms with Crippen LogP contribution in [0.15, 0.2) is 59.4 Å². The highest BCUT2D eigenvalue weighted by molar-refractivity contribution is 6.04. The number of para-hydroxylation sites is 2. The number of fused-ring (bicyclic) bond motifs is 4. The zero-order valence-electron chi connectivity index (χ0n) is 15.5. The molecule has 0 spiro atoms. The van der Waals surface area contributed by atoms with Crippen molar-refractivity contribution in [2.45, 2.75) is 26.3 Å². The van der Waals surface area contributed by atoms with Gasteiger partial charge in [0.1, 0.15) is 16.7 Å². The van der Waals surface area contributed by atoms with Crippen LogP contribution in [0.2, 0.25) is 0 Å². The molecule has 0 saturated heterocycles. The third-order valence-corrected chi connectivity index (χ3v) is 4.98. The van der Waals surface area contributed by atoms with Crippen LogP contribution in [-0.2, 0) is 6.54 Å². The van der Waals surface area contributed by atoms with E-state index < -0.39 is 0 Å². The molecule has 5 rings (SSSR count). The molecule has 5 aromatic rings. The minimum atomic E-state index is -0.186. The lowest BCUT2D eigenvalue weighted by Crippen LogP contribution is -2.10. The number of nitrogens with one attached hydrogen (secondary N) is 1. The number of unbranched alkanes of at least 4 members (excludes halogenated alkanes) is 1. The zero-order valence-corrected chi connectivity index (χ0v) is 15.5. The van der Waals surface area contributed by atoms with Crippen molar-refractivity contribution in [3.8, 4) is 11.4 Å². The largest absolute Gasteiger partial charge is 0.308 e. The van der Waals surface area contributed by atoms with Crippen LogP contribution in [0.3, 0.4) is 0 Å². The van der Waals surface area contributed by atoms with Crippen LogP contribution in [0, 0.1) is 0 Å². The van der Waals surface area contributed by atoms with Crippen molar-refractivity contribution < 1.29 is 0 Å². The third kappa shape index (κ3) is 2.57. The maximum absolute atomic E-state index is 13.0. The summed E-state index contributed by atoms with van der Waals surface area (Å²) in [4.78, 5) is 30.3. The number of rotatable bonds is 4. The van der Waals surface area contributed by atoms with Crippen LogP contribution in [0.5, 0.6) is 0 Å². The van der Waals surface area contributed by atoms with Gasteiger partial charge >= 0.3 is 0 Å². The van der Waals surface area contributed by atoms with E-state index in [2.05, 4.69) is 11.9 Å². The SMILES string of the molecule is CCCCn1c2nc3ccccc3nc2c2c(=O)[nH]c(-c3ccccc3)nc21. The van der Waals surface area contributed by atoms with E-state index in [9.17, 15) is 4.79 Å². The highest BCUT2D eigenvalue weighted by atomic mass is 16.1. The molecule has 0 bridgehead atoms. The van der Waals surface area contributed by atoms with E-state index in [1.165, 1.54) is 0 Å². The lowest BCUT2D eigenvalue weighted by Gasteiger charge is -2.06. The van der Waals surface area contributed by atoms with E-state index in [0.717, 1.165) is 36.0 Å². The third-order valence-electron chi connectivity index (χ3n) is 4.98.